The summed E-state index contributed by atoms with van der Waals surface area (Å²) in [7, 11) is 0. The van der Waals surface area contributed by atoms with Gasteiger partial charge in [-0.25, -0.2) is 9.37 Å². The predicted octanol–water partition coefficient (Wildman–Crippen LogP) is 1.75. The van der Waals surface area contributed by atoms with Gasteiger partial charge in [0.05, 0.1) is 11.3 Å². The molecule has 2 rings (SSSR count). The van der Waals surface area contributed by atoms with Crippen molar-refractivity contribution < 1.29 is 4.39 Å². The van der Waals surface area contributed by atoms with Crippen LogP contribution in [0, 0.1) is 28.5 Å². The molecule has 0 aliphatic heterocycles. The molecule has 16 heavy (non-hydrogen) atoms. The molecule has 5 heteroatoms. The molecule has 0 saturated carbocycles. The Kier molecular flexibility index (Phi) is 2.37. The fourth-order valence-corrected chi connectivity index (χ4v) is 1.39. The normalized spacial score (nSPS) is 9.44. The van der Waals surface area contributed by atoms with Crippen LogP contribution in [0.2, 0.25) is 0 Å². The molecule has 0 amide bonds. The van der Waals surface area contributed by atoms with E-state index in [1.54, 1.807) is 6.20 Å². The largest absolute Gasteiger partial charge is 0.290 e. The minimum atomic E-state index is -0.487. The van der Waals surface area contributed by atoms with Gasteiger partial charge in [0.2, 0.25) is 5.82 Å². The predicted molar refractivity (Wildman–Crippen MR) is 53.0 cm³/mol. The molecule has 0 bridgehead atoms. The fourth-order valence-electron chi connectivity index (χ4n) is 1.39. The highest BCUT2D eigenvalue weighted by molar-refractivity contribution is 5.50. The second kappa shape index (κ2) is 3.84. The second-order valence-corrected chi connectivity index (χ2v) is 3.01. The highest BCUT2D eigenvalue weighted by atomic mass is 19.1. The Labute approximate surface area is 90.8 Å². The summed E-state index contributed by atoms with van der Waals surface area (Å²) in [4.78, 5) is 3.81. The molecule has 76 valence electrons. The quantitative estimate of drug-likeness (QED) is 0.723. The first kappa shape index (κ1) is 9.88. The molecule has 4 nitrogen and oxygen atoms in total. The molecule has 0 fully saturated rings. The topological polar surface area (TPSA) is 65.4 Å². The minimum Gasteiger partial charge on any atom is -0.290 e. The number of benzene rings is 1. The van der Waals surface area contributed by atoms with E-state index in [2.05, 4.69) is 4.98 Å². The maximum Gasteiger partial charge on any atom is 0.217 e. The van der Waals surface area contributed by atoms with Crippen LogP contribution in [0.1, 0.15) is 11.4 Å². The Morgan fingerprint density at radius 3 is 2.75 bits per heavy atom. The Morgan fingerprint density at radius 2 is 2.06 bits per heavy atom. The van der Waals surface area contributed by atoms with E-state index in [0.29, 0.717) is 5.69 Å². The SMILES string of the molecule is N#Cc1cc(F)ccc1-n1ccnc1C#N. The van der Waals surface area contributed by atoms with Gasteiger partial charge >= 0.3 is 0 Å². The molecule has 2 aromatic rings. The van der Waals surface area contributed by atoms with Crippen LogP contribution in [0.4, 0.5) is 4.39 Å². The van der Waals surface area contributed by atoms with Gasteiger partial charge in [-0.05, 0) is 18.2 Å². The summed E-state index contributed by atoms with van der Waals surface area (Å²) >= 11 is 0. The van der Waals surface area contributed by atoms with Crippen LogP contribution in [-0.4, -0.2) is 9.55 Å². The summed E-state index contributed by atoms with van der Waals surface area (Å²) < 4.78 is 14.4. The first-order valence-corrected chi connectivity index (χ1v) is 4.39. The molecular weight excluding hydrogens is 207 g/mol. The Hall–Kier alpha value is -2.66. The van der Waals surface area contributed by atoms with Gasteiger partial charge in [0, 0.05) is 12.4 Å². The van der Waals surface area contributed by atoms with Crippen molar-refractivity contribution in [2.75, 3.05) is 0 Å². The van der Waals surface area contributed by atoms with Crippen molar-refractivity contribution in [3.63, 3.8) is 0 Å². The fraction of sp³-hybridized carbons (Fsp3) is 0. The third-order valence-electron chi connectivity index (χ3n) is 2.08. The van der Waals surface area contributed by atoms with E-state index in [9.17, 15) is 4.39 Å². The molecule has 0 radical (unpaired) electrons. The molecule has 0 aliphatic rings. The lowest BCUT2D eigenvalue weighted by atomic mass is 10.2. The summed E-state index contributed by atoms with van der Waals surface area (Å²) in [6, 6.07) is 7.56. The van der Waals surface area contributed by atoms with Gasteiger partial charge in [-0.1, -0.05) is 0 Å². The van der Waals surface area contributed by atoms with E-state index < -0.39 is 5.82 Å². The van der Waals surface area contributed by atoms with Gasteiger partial charge in [-0.3, -0.25) is 4.57 Å². The molecule has 0 atom stereocenters. The summed E-state index contributed by atoms with van der Waals surface area (Å²) in [6.07, 6.45) is 3.00. The average molecular weight is 212 g/mol. The van der Waals surface area contributed by atoms with Gasteiger partial charge in [0.15, 0.2) is 0 Å². The number of nitriles is 2. The van der Waals surface area contributed by atoms with Crippen molar-refractivity contribution in [1.29, 1.82) is 10.5 Å². The van der Waals surface area contributed by atoms with E-state index >= 15 is 0 Å². The van der Waals surface area contributed by atoms with Crippen molar-refractivity contribution in [3.05, 3.63) is 47.8 Å². The average Bonchev–Trinajstić information content (AvgIpc) is 2.76. The van der Waals surface area contributed by atoms with Gasteiger partial charge in [0.25, 0.3) is 0 Å². The minimum absolute atomic E-state index is 0.156. The Bertz CT molecular complexity index is 616. The van der Waals surface area contributed by atoms with E-state index in [0.717, 1.165) is 6.07 Å². The summed E-state index contributed by atoms with van der Waals surface area (Å²) in [5.74, 6) is -0.331. The van der Waals surface area contributed by atoms with Gasteiger partial charge in [0.1, 0.15) is 18.0 Å². The lowest BCUT2D eigenvalue weighted by Crippen LogP contribution is -1.99. The second-order valence-electron chi connectivity index (χ2n) is 3.01. The number of rotatable bonds is 1. The standard InChI is InChI=1S/C11H5FN4/c12-9-1-2-10(8(5-9)6-13)16-4-3-15-11(16)7-14/h1-5H. The van der Waals surface area contributed by atoms with Gasteiger partial charge in [-0.15, -0.1) is 0 Å². The summed E-state index contributed by atoms with van der Waals surface area (Å²) in [5, 5.41) is 17.7. The zero-order valence-corrected chi connectivity index (χ0v) is 8.05. The van der Waals surface area contributed by atoms with Crippen LogP contribution in [0.5, 0.6) is 0 Å². The maximum atomic E-state index is 12.9. The van der Waals surface area contributed by atoms with E-state index in [-0.39, 0.29) is 11.4 Å². The number of hydrogen-bond acceptors (Lipinski definition) is 3. The molecule has 0 spiro atoms. The molecule has 1 heterocycles. The van der Waals surface area contributed by atoms with Crippen molar-refractivity contribution >= 4 is 0 Å². The molecule has 1 aromatic heterocycles. The van der Waals surface area contributed by atoms with Crippen LogP contribution in [-0.2, 0) is 0 Å². The van der Waals surface area contributed by atoms with Crippen LogP contribution >= 0.6 is 0 Å². The number of imidazole rings is 1. The summed E-state index contributed by atoms with van der Waals surface area (Å²) in [5.41, 5.74) is 0.604. The van der Waals surface area contributed by atoms with E-state index in [1.165, 1.54) is 22.9 Å². The molecule has 0 unspecified atom stereocenters. The zero-order valence-electron chi connectivity index (χ0n) is 8.05. The molecule has 0 aliphatic carbocycles. The van der Waals surface area contributed by atoms with E-state index in [4.69, 9.17) is 10.5 Å². The lowest BCUT2D eigenvalue weighted by molar-refractivity contribution is 0.627. The van der Waals surface area contributed by atoms with Crippen molar-refractivity contribution in [3.8, 4) is 17.8 Å². The highest BCUT2D eigenvalue weighted by Crippen LogP contribution is 2.16. The molecule has 0 saturated heterocycles. The first-order chi connectivity index (χ1) is 7.76. The number of halogens is 1. The zero-order chi connectivity index (χ0) is 11.5. The van der Waals surface area contributed by atoms with Crippen LogP contribution in [0.15, 0.2) is 30.6 Å². The maximum absolute atomic E-state index is 12.9. The number of hydrogen-bond donors (Lipinski definition) is 0. The van der Waals surface area contributed by atoms with Crippen LogP contribution in [0.25, 0.3) is 5.69 Å². The molecule has 1 aromatic carbocycles. The van der Waals surface area contributed by atoms with Gasteiger partial charge < -0.3 is 0 Å². The van der Waals surface area contributed by atoms with Crippen LogP contribution in [0.3, 0.4) is 0 Å². The number of aromatic nitrogens is 2. The third-order valence-corrected chi connectivity index (χ3v) is 2.08. The molecule has 0 N–H and O–H groups in total. The van der Waals surface area contributed by atoms with E-state index in [1.807, 2.05) is 12.1 Å². The van der Waals surface area contributed by atoms with Gasteiger partial charge in [-0.2, -0.15) is 10.5 Å². The number of nitrogens with zero attached hydrogens (tertiary/aromatic N) is 4. The highest BCUT2D eigenvalue weighted by Gasteiger charge is 2.09. The van der Waals surface area contributed by atoms with Crippen LogP contribution < -0.4 is 0 Å². The summed E-state index contributed by atoms with van der Waals surface area (Å²) in [6.45, 7) is 0. The smallest absolute Gasteiger partial charge is 0.217 e. The molecular formula is C11H5FN4. The third kappa shape index (κ3) is 1.51. The Morgan fingerprint density at radius 1 is 1.25 bits per heavy atom. The van der Waals surface area contributed by atoms with Crippen molar-refractivity contribution in [1.82, 2.24) is 9.55 Å². The monoisotopic (exact) mass is 212 g/mol. The van der Waals surface area contributed by atoms with Crippen molar-refractivity contribution in [2.24, 2.45) is 0 Å². The first-order valence-electron chi connectivity index (χ1n) is 4.39. The van der Waals surface area contributed by atoms with Crippen molar-refractivity contribution in [2.45, 2.75) is 0 Å². The lowest BCUT2D eigenvalue weighted by Gasteiger charge is -2.05. The Balaban J connectivity index is 2.67.